The fourth-order valence-corrected chi connectivity index (χ4v) is 1.94. The summed E-state index contributed by atoms with van der Waals surface area (Å²) in [4.78, 5) is 8.29. The van der Waals surface area contributed by atoms with Crippen LogP contribution in [0.3, 0.4) is 0 Å². The summed E-state index contributed by atoms with van der Waals surface area (Å²) in [6.45, 7) is 1.97. The Hall–Kier alpha value is -2.68. The van der Waals surface area contributed by atoms with Crippen molar-refractivity contribution in [2.24, 2.45) is 0 Å². The number of anilines is 3. The van der Waals surface area contributed by atoms with Gasteiger partial charge in [-0.2, -0.15) is 5.26 Å². The van der Waals surface area contributed by atoms with Gasteiger partial charge in [-0.15, -0.1) is 0 Å². The molecule has 0 saturated carbocycles. The lowest BCUT2D eigenvalue weighted by Crippen LogP contribution is -2.06. The average Bonchev–Trinajstić information content (AvgIpc) is 2.47. The van der Waals surface area contributed by atoms with E-state index in [1.807, 2.05) is 13.0 Å². The third-order valence-electron chi connectivity index (χ3n) is 2.91. The van der Waals surface area contributed by atoms with Gasteiger partial charge >= 0.3 is 0 Å². The molecular weight excluding hydrogens is 257 g/mol. The number of halogens is 1. The standard InChI is InChI=1S/C14H14FN5/c1-3-9-13(17-2)18-8-19-14(9)20-12-6-4-5-11(15)10(12)7-16/h4-6,8H,3H2,1-2H3,(H2,17,18,19,20). The van der Waals surface area contributed by atoms with Gasteiger partial charge < -0.3 is 10.6 Å². The number of nitriles is 1. The lowest BCUT2D eigenvalue weighted by Gasteiger charge is -2.13. The fraction of sp³-hybridized carbons (Fsp3) is 0.214. The minimum absolute atomic E-state index is 0.0285. The molecule has 0 bridgehead atoms. The lowest BCUT2D eigenvalue weighted by molar-refractivity contribution is 0.624. The Morgan fingerprint density at radius 1 is 1.30 bits per heavy atom. The third kappa shape index (κ3) is 2.52. The van der Waals surface area contributed by atoms with E-state index in [1.54, 1.807) is 19.2 Å². The third-order valence-corrected chi connectivity index (χ3v) is 2.91. The van der Waals surface area contributed by atoms with Crippen LogP contribution in [0, 0.1) is 17.1 Å². The minimum atomic E-state index is -0.557. The second-order valence-electron chi connectivity index (χ2n) is 4.05. The first kappa shape index (κ1) is 13.7. The maximum absolute atomic E-state index is 13.6. The zero-order valence-corrected chi connectivity index (χ0v) is 11.2. The molecule has 0 fully saturated rings. The van der Waals surface area contributed by atoms with Crippen molar-refractivity contribution in [1.82, 2.24) is 9.97 Å². The van der Waals surface area contributed by atoms with Gasteiger partial charge in [0, 0.05) is 12.6 Å². The molecule has 20 heavy (non-hydrogen) atoms. The summed E-state index contributed by atoms with van der Waals surface area (Å²) in [7, 11) is 1.77. The Labute approximate surface area is 116 Å². The SMILES string of the molecule is CCc1c(NC)ncnc1Nc1cccc(F)c1C#N. The molecule has 0 unspecified atom stereocenters. The number of nitrogens with zero attached hydrogens (tertiary/aromatic N) is 3. The van der Waals surface area contributed by atoms with Gasteiger partial charge in [-0.05, 0) is 18.6 Å². The van der Waals surface area contributed by atoms with Crippen molar-refractivity contribution in [2.45, 2.75) is 13.3 Å². The van der Waals surface area contributed by atoms with E-state index in [0.717, 1.165) is 5.56 Å². The van der Waals surface area contributed by atoms with Crippen LogP contribution in [0.4, 0.5) is 21.7 Å². The van der Waals surface area contributed by atoms with Gasteiger partial charge in [0.15, 0.2) is 0 Å². The highest BCUT2D eigenvalue weighted by Gasteiger charge is 2.12. The fourth-order valence-electron chi connectivity index (χ4n) is 1.94. The Morgan fingerprint density at radius 3 is 2.70 bits per heavy atom. The van der Waals surface area contributed by atoms with Crippen LogP contribution in [0.25, 0.3) is 0 Å². The molecule has 6 heteroatoms. The van der Waals surface area contributed by atoms with Crippen molar-refractivity contribution >= 4 is 17.3 Å². The van der Waals surface area contributed by atoms with Gasteiger partial charge in [0.25, 0.3) is 0 Å². The molecule has 2 rings (SSSR count). The Morgan fingerprint density at radius 2 is 2.05 bits per heavy atom. The average molecular weight is 271 g/mol. The second-order valence-corrected chi connectivity index (χ2v) is 4.05. The van der Waals surface area contributed by atoms with Crippen LogP contribution in [0.1, 0.15) is 18.1 Å². The van der Waals surface area contributed by atoms with Gasteiger partial charge in [-0.1, -0.05) is 13.0 Å². The highest BCUT2D eigenvalue weighted by atomic mass is 19.1. The number of nitrogens with one attached hydrogen (secondary N) is 2. The highest BCUT2D eigenvalue weighted by molar-refractivity contribution is 5.69. The Bertz CT molecular complexity index is 663. The van der Waals surface area contributed by atoms with Crippen LogP contribution in [0.2, 0.25) is 0 Å². The minimum Gasteiger partial charge on any atom is -0.373 e. The molecule has 1 aromatic carbocycles. The van der Waals surface area contributed by atoms with Crippen LogP contribution in [0.5, 0.6) is 0 Å². The van der Waals surface area contributed by atoms with E-state index in [9.17, 15) is 4.39 Å². The summed E-state index contributed by atoms with van der Waals surface area (Å²) in [6, 6.07) is 6.29. The molecule has 0 amide bonds. The van der Waals surface area contributed by atoms with Crippen LogP contribution < -0.4 is 10.6 Å². The van der Waals surface area contributed by atoms with Crippen LogP contribution >= 0.6 is 0 Å². The van der Waals surface area contributed by atoms with Crippen LogP contribution in [-0.2, 0) is 6.42 Å². The first-order valence-electron chi connectivity index (χ1n) is 6.18. The first-order valence-corrected chi connectivity index (χ1v) is 6.18. The summed E-state index contributed by atoms with van der Waals surface area (Å²) < 4.78 is 13.6. The predicted molar refractivity (Wildman–Crippen MR) is 75.4 cm³/mol. The molecule has 2 aromatic rings. The number of hydrogen-bond acceptors (Lipinski definition) is 5. The zero-order chi connectivity index (χ0) is 14.5. The van der Waals surface area contributed by atoms with E-state index < -0.39 is 5.82 Å². The summed E-state index contributed by atoms with van der Waals surface area (Å²) in [5, 5.41) is 15.0. The van der Waals surface area contributed by atoms with Crippen LogP contribution in [0.15, 0.2) is 24.5 Å². The first-order chi connectivity index (χ1) is 9.71. The largest absolute Gasteiger partial charge is 0.373 e. The monoisotopic (exact) mass is 271 g/mol. The number of hydrogen-bond donors (Lipinski definition) is 2. The van der Waals surface area contributed by atoms with E-state index in [4.69, 9.17) is 5.26 Å². The zero-order valence-electron chi connectivity index (χ0n) is 11.2. The summed E-state index contributed by atoms with van der Waals surface area (Å²) in [5.74, 6) is 0.715. The highest BCUT2D eigenvalue weighted by Crippen LogP contribution is 2.26. The van der Waals surface area contributed by atoms with Gasteiger partial charge in [0.2, 0.25) is 0 Å². The number of benzene rings is 1. The van der Waals surface area contributed by atoms with E-state index in [1.165, 1.54) is 12.4 Å². The van der Waals surface area contributed by atoms with Crippen molar-refractivity contribution in [3.8, 4) is 6.07 Å². The smallest absolute Gasteiger partial charge is 0.143 e. The van der Waals surface area contributed by atoms with E-state index in [0.29, 0.717) is 23.7 Å². The van der Waals surface area contributed by atoms with Gasteiger partial charge in [0.1, 0.15) is 35.4 Å². The van der Waals surface area contributed by atoms with E-state index >= 15 is 0 Å². The topological polar surface area (TPSA) is 73.6 Å². The molecule has 0 aliphatic carbocycles. The molecule has 0 radical (unpaired) electrons. The molecule has 0 atom stereocenters. The van der Waals surface area contributed by atoms with Crippen molar-refractivity contribution in [2.75, 3.05) is 17.7 Å². The van der Waals surface area contributed by atoms with E-state index in [-0.39, 0.29) is 5.56 Å². The van der Waals surface area contributed by atoms with Crippen LogP contribution in [-0.4, -0.2) is 17.0 Å². The molecule has 0 saturated heterocycles. The van der Waals surface area contributed by atoms with Crippen molar-refractivity contribution in [3.05, 3.63) is 41.5 Å². The van der Waals surface area contributed by atoms with Crippen molar-refractivity contribution in [1.29, 1.82) is 5.26 Å². The maximum Gasteiger partial charge on any atom is 0.143 e. The molecule has 102 valence electrons. The summed E-state index contributed by atoms with van der Waals surface area (Å²) in [6.07, 6.45) is 2.12. The Balaban J connectivity index is 2.46. The predicted octanol–water partition coefficient (Wildman–Crippen LogP) is 2.84. The lowest BCUT2D eigenvalue weighted by atomic mass is 10.1. The quantitative estimate of drug-likeness (QED) is 0.894. The molecule has 5 nitrogen and oxygen atoms in total. The van der Waals surface area contributed by atoms with Gasteiger partial charge in [-0.25, -0.2) is 14.4 Å². The summed E-state index contributed by atoms with van der Waals surface area (Å²) >= 11 is 0. The summed E-state index contributed by atoms with van der Waals surface area (Å²) in [5.41, 5.74) is 1.24. The molecular formula is C14H14FN5. The maximum atomic E-state index is 13.6. The van der Waals surface area contributed by atoms with Gasteiger partial charge in [-0.3, -0.25) is 0 Å². The normalized spacial score (nSPS) is 9.90. The second kappa shape index (κ2) is 5.97. The number of rotatable bonds is 4. The Kier molecular flexibility index (Phi) is 4.11. The molecule has 0 aliphatic rings. The van der Waals surface area contributed by atoms with Gasteiger partial charge in [0.05, 0.1) is 5.69 Å². The van der Waals surface area contributed by atoms with Crippen molar-refractivity contribution in [3.63, 3.8) is 0 Å². The number of aromatic nitrogens is 2. The molecule has 0 spiro atoms. The van der Waals surface area contributed by atoms with Crippen molar-refractivity contribution < 1.29 is 4.39 Å². The molecule has 0 aliphatic heterocycles. The van der Waals surface area contributed by atoms with E-state index in [2.05, 4.69) is 20.6 Å². The molecule has 2 N–H and O–H groups in total. The molecule has 1 heterocycles. The molecule has 1 aromatic heterocycles.